The third kappa shape index (κ3) is 4.84. The molecule has 0 atom stereocenters. The first-order valence-electron chi connectivity index (χ1n) is 7.69. The molecule has 0 radical (unpaired) electrons. The Hall–Kier alpha value is -1.79. The quantitative estimate of drug-likeness (QED) is 0.594. The Balaban J connectivity index is 1.96. The number of hydrogen-bond acceptors (Lipinski definition) is 4. The predicted molar refractivity (Wildman–Crippen MR) is 94.0 cm³/mol. The van der Waals surface area contributed by atoms with Crippen molar-refractivity contribution in [2.24, 2.45) is 7.05 Å². The summed E-state index contributed by atoms with van der Waals surface area (Å²) in [4.78, 5) is 24.7. The molecule has 0 aliphatic carbocycles. The summed E-state index contributed by atoms with van der Waals surface area (Å²) in [6.45, 7) is 3.91. The van der Waals surface area contributed by atoms with Crippen LogP contribution in [0.4, 0.5) is 0 Å². The summed E-state index contributed by atoms with van der Waals surface area (Å²) < 4.78 is 6.84. The van der Waals surface area contributed by atoms with Crippen molar-refractivity contribution < 1.29 is 9.53 Å². The monoisotopic (exact) mass is 334 g/mol. The lowest BCUT2D eigenvalue weighted by Gasteiger charge is -2.10. The van der Waals surface area contributed by atoms with Gasteiger partial charge in [0.1, 0.15) is 0 Å². The van der Waals surface area contributed by atoms with Gasteiger partial charge in [0, 0.05) is 43.2 Å². The number of amides is 1. The van der Waals surface area contributed by atoms with E-state index in [1.165, 1.54) is 11.8 Å². The highest BCUT2D eigenvalue weighted by atomic mass is 32.2. The van der Waals surface area contributed by atoms with E-state index < -0.39 is 0 Å². The number of ether oxygens (including phenoxy) is 1. The van der Waals surface area contributed by atoms with Crippen LogP contribution in [-0.2, 0) is 16.6 Å². The van der Waals surface area contributed by atoms with Crippen LogP contribution in [0.25, 0.3) is 10.9 Å². The van der Waals surface area contributed by atoms with Gasteiger partial charge in [0.2, 0.25) is 5.91 Å². The lowest BCUT2D eigenvalue weighted by molar-refractivity contribution is -0.118. The fourth-order valence-corrected chi connectivity index (χ4v) is 3.14. The molecule has 0 aliphatic rings. The summed E-state index contributed by atoms with van der Waals surface area (Å²) in [5.74, 6) is 0.266. The molecule has 2 aromatic rings. The second kappa shape index (κ2) is 8.74. The van der Waals surface area contributed by atoms with Crippen LogP contribution in [0.1, 0.15) is 13.3 Å². The fraction of sp³-hybridized carbons (Fsp3) is 0.412. The summed E-state index contributed by atoms with van der Waals surface area (Å²) in [6, 6.07) is 9.31. The van der Waals surface area contributed by atoms with Crippen molar-refractivity contribution in [3.8, 4) is 0 Å². The summed E-state index contributed by atoms with van der Waals surface area (Å²) >= 11 is 1.39. The Morgan fingerprint density at radius 3 is 2.91 bits per heavy atom. The molecule has 0 aliphatic heterocycles. The lowest BCUT2D eigenvalue weighted by atomic mass is 10.2. The van der Waals surface area contributed by atoms with Gasteiger partial charge >= 0.3 is 0 Å². The van der Waals surface area contributed by atoms with Gasteiger partial charge in [-0.15, -0.1) is 11.8 Å². The van der Waals surface area contributed by atoms with Crippen LogP contribution in [-0.4, -0.2) is 36.0 Å². The summed E-state index contributed by atoms with van der Waals surface area (Å²) in [6.07, 6.45) is 0.805. The van der Waals surface area contributed by atoms with E-state index in [9.17, 15) is 9.59 Å². The highest BCUT2D eigenvalue weighted by molar-refractivity contribution is 8.00. The third-order valence-electron chi connectivity index (χ3n) is 3.47. The normalized spacial score (nSPS) is 10.9. The number of fused-ring (bicyclic) bond motifs is 1. The average Bonchev–Trinajstić information content (AvgIpc) is 2.56. The van der Waals surface area contributed by atoms with Crippen molar-refractivity contribution in [2.75, 3.05) is 25.5 Å². The third-order valence-corrected chi connectivity index (χ3v) is 4.52. The SMILES string of the molecule is CCOCCCNC(=O)CSc1cc(=O)n(C)c2ccccc12. The second-order valence-corrected chi connectivity index (χ2v) is 6.13. The number of nitrogens with one attached hydrogen (secondary N) is 1. The first-order valence-corrected chi connectivity index (χ1v) is 8.68. The van der Waals surface area contributed by atoms with E-state index in [-0.39, 0.29) is 11.5 Å². The number of benzene rings is 1. The number of para-hydroxylation sites is 1. The Morgan fingerprint density at radius 2 is 2.13 bits per heavy atom. The average molecular weight is 334 g/mol. The van der Waals surface area contributed by atoms with Crippen LogP contribution in [0, 0.1) is 0 Å². The van der Waals surface area contributed by atoms with Crippen molar-refractivity contribution in [1.29, 1.82) is 0 Å². The van der Waals surface area contributed by atoms with Gasteiger partial charge in [-0.25, -0.2) is 0 Å². The van der Waals surface area contributed by atoms with Crippen LogP contribution >= 0.6 is 11.8 Å². The van der Waals surface area contributed by atoms with Gasteiger partial charge in [0.05, 0.1) is 11.3 Å². The van der Waals surface area contributed by atoms with E-state index in [0.29, 0.717) is 25.5 Å². The van der Waals surface area contributed by atoms with Gasteiger partial charge in [0.25, 0.3) is 5.56 Å². The number of aryl methyl sites for hydroxylation is 1. The van der Waals surface area contributed by atoms with Crippen molar-refractivity contribution in [1.82, 2.24) is 9.88 Å². The van der Waals surface area contributed by atoms with E-state index in [4.69, 9.17) is 4.74 Å². The highest BCUT2D eigenvalue weighted by Crippen LogP contribution is 2.25. The van der Waals surface area contributed by atoms with Crippen molar-refractivity contribution in [2.45, 2.75) is 18.2 Å². The molecule has 6 heteroatoms. The molecule has 1 aromatic heterocycles. The van der Waals surface area contributed by atoms with Gasteiger partial charge in [-0.1, -0.05) is 18.2 Å². The molecule has 1 amide bonds. The van der Waals surface area contributed by atoms with E-state index in [0.717, 1.165) is 22.2 Å². The molecule has 124 valence electrons. The largest absolute Gasteiger partial charge is 0.382 e. The Labute approximate surface area is 140 Å². The van der Waals surface area contributed by atoms with Gasteiger partial charge in [0.15, 0.2) is 0 Å². The number of carbonyl (C=O) groups is 1. The maximum absolute atomic E-state index is 12.0. The number of hydrogen-bond donors (Lipinski definition) is 1. The van der Waals surface area contributed by atoms with Crippen LogP contribution in [0.15, 0.2) is 40.0 Å². The molecule has 0 fully saturated rings. The molecule has 1 N–H and O–H groups in total. The molecule has 0 bridgehead atoms. The van der Waals surface area contributed by atoms with Crippen molar-refractivity contribution in [3.63, 3.8) is 0 Å². The minimum Gasteiger partial charge on any atom is -0.382 e. The van der Waals surface area contributed by atoms with Crippen LogP contribution < -0.4 is 10.9 Å². The van der Waals surface area contributed by atoms with Gasteiger partial charge in [-0.3, -0.25) is 9.59 Å². The molecule has 23 heavy (non-hydrogen) atoms. The maximum Gasteiger partial charge on any atom is 0.251 e. The predicted octanol–water partition coefficient (Wildman–Crippen LogP) is 2.17. The van der Waals surface area contributed by atoms with Crippen LogP contribution in [0.2, 0.25) is 0 Å². The minimum absolute atomic E-state index is 0.0312. The number of rotatable bonds is 8. The Kier molecular flexibility index (Phi) is 6.67. The molecular weight excluding hydrogens is 312 g/mol. The first-order chi connectivity index (χ1) is 11.1. The molecular formula is C17H22N2O3S. The van der Waals surface area contributed by atoms with Crippen LogP contribution in [0.3, 0.4) is 0 Å². The van der Waals surface area contributed by atoms with Crippen LogP contribution in [0.5, 0.6) is 0 Å². The van der Waals surface area contributed by atoms with Gasteiger partial charge in [-0.2, -0.15) is 0 Å². The number of carbonyl (C=O) groups excluding carboxylic acids is 1. The molecule has 0 spiro atoms. The Morgan fingerprint density at radius 1 is 1.35 bits per heavy atom. The summed E-state index contributed by atoms with van der Waals surface area (Å²) in [5.41, 5.74) is 0.808. The fourth-order valence-electron chi connectivity index (χ4n) is 2.24. The Bertz CT molecular complexity index is 727. The van der Waals surface area contributed by atoms with Gasteiger partial charge in [-0.05, 0) is 19.4 Å². The molecule has 0 unspecified atom stereocenters. The maximum atomic E-state index is 12.0. The lowest BCUT2D eigenvalue weighted by Crippen LogP contribution is -2.27. The van der Waals surface area contributed by atoms with E-state index in [1.54, 1.807) is 17.7 Å². The molecule has 0 saturated heterocycles. The molecule has 1 heterocycles. The second-order valence-electron chi connectivity index (χ2n) is 5.11. The van der Waals surface area contributed by atoms with Gasteiger partial charge < -0.3 is 14.6 Å². The summed E-state index contributed by atoms with van der Waals surface area (Å²) in [7, 11) is 1.75. The molecule has 1 aromatic carbocycles. The zero-order chi connectivity index (χ0) is 16.7. The topological polar surface area (TPSA) is 60.3 Å². The smallest absolute Gasteiger partial charge is 0.251 e. The van der Waals surface area contributed by atoms with Crippen molar-refractivity contribution in [3.05, 3.63) is 40.7 Å². The minimum atomic E-state index is -0.0664. The molecule has 0 saturated carbocycles. The standard InChI is InChI=1S/C17H22N2O3S/c1-3-22-10-6-9-18-16(20)12-23-15-11-17(21)19(2)14-8-5-4-7-13(14)15/h4-5,7-8,11H,3,6,9-10,12H2,1-2H3,(H,18,20). The first kappa shape index (κ1) is 17.6. The number of thioether (sulfide) groups is 1. The van der Waals surface area contributed by atoms with Crippen molar-refractivity contribution >= 4 is 28.6 Å². The number of pyridine rings is 1. The van der Waals surface area contributed by atoms with E-state index in [1.807, 2.05) is 31.2 Å². The summed E-state index contributed by atoms with van der Waals surface area (Å²) in [5, 5.41) is 3.85. The van der Waals surface area contributed by atoms with E-state index >= 15 is 0 Å². The number of nitrogens with zero attached hydrogens (tertiary/aromatic N) is 1. The molecule has 5 nitrogen and oxygen atoms in total. The van der Waals surface area contributed by atoms with E-state index in [2.05, 4.69) is 5.32 Å². The highest BCUT2D eigenvalue weighted by Gasteiger charge is 2.09. The molecule has 2 rings (SSSR count). The zero-order valence-corrected chi connectivity index (χ0v) is 14.3. The number of aromatic nitrogens is 1. The zero-order valence-electron chi connectivity index (χ0n) is 13.5.